The van der Waals surface area contributed by atoms with Crippen LogP contribution in [0.4, 0.5) is 0 Å². The van der Waals surface area contributed by atoms with Crippen molar-refractivity contribution in [3.05, 3.63) is 21.3 Å². The van der Waals surface area contributed by atoms with Crippen LogP contribution >= 0.6 is 35.3 Å². The number of nitrogens with zero attached hydrogens (tertiary/aromatic N) is 1. The number of halogens is 2. The molecule has 0 saturated carbocycles. The molecule has 3 nitrogen and oxygen atoms in total. The summed E-state index contributed by atoms with van der Waals surface area (Å²) in [6, 6.07) is 3.32. The number of carbonyl (C=O) groups is 1. The topological polar surface area (TPSA) is 46.3 Å². The van der Waals surface area contributed by atoms with Gasteiger partial charge in [-0.1, -0.05) is 32.4 Å². The predicted molar refractivity (Wildman–Crippen MR) is 85.1 cm³/mol. The average Bonchev–Trinajstić information content (AvgIpc) is 2.68. The second-order valence-electron chi connectivity index (χ2n) is 5.40. The highest BCUT2D eigenvalue weighted by atomic mass is 35.5. The summed E-state index contributed by atoms with van der Waals surface area (Å²) in [4.78, 5) is 15.2. The quantitative estimate of drug-likeness (QED) is 0.920. The number of nitrogens with two attached hydrogens (primary N) is 1. The van der Waals surface area contributed by atoms with Gasteiger partial charge in [-0.2, -0.15) is 0 Å². The fourth-order valence-electron chi connectivity index (χ4n) is 1.54. The molecule has 110 valence electrons. The van der Waals surface area contributed by atoms with Crippen molar-refractivity contribution in [3.8, 4) is 0 Å². The van der Waals surface area contributed by atoms with Gasteiger partial charge in [-0.05, 0) is 24.5 Å². The van der Waals surface area contributed by atoms with Crippen LogP contribution in [0, 0.1) is 5.41 Å². The van der Waals surface area contributed by atoms with E-state index < -0.39 is 6.04 Å². The van der Waals surface area contributed by atoms with Crippen LogP contribution in [0.3, 0.4) is 0 Å². The Morgan fingerprint density at radius 2 is 2.05 bits per heavy atom. The fourth-order valence-corrected chi connectivity index (χ4v) is 2.64. The van der Waals surface area contributed by atoms with E-state index in [9.17, 15) is 4.79 Å². The van der Waals surface area contributed by atoms with Gasteiger partial charge in [0, 0.05) is 11.4 Å². The molecular weight excluding hydrogens is 303 g/mol. The van der Waals surface area contributed by atoms with E-state index in [0.29, 0.717) is 13.1 Å². The maximum atomic E-state index is 12.3. The number of hydrogen-bond acceptors (Lipinski definition) is 3. The molecule has 1 heterocycles. The highest BCUT2D eigenvalue weighted by Gasteiger charge is 2.30. The van der Waals surface area contributed by atoms with E-state index in [1.807, 2.05) is 39.8 Å². The van der Waals surface area contributed by atoms with Crippen molar-refractivity contribution in [1.82, 2.24) is 4.90 Å². The Bertz CT molecular complexity index is 415. The van der Waals surface area contributed by atoms with Crippen molar-refractivity contribution in [2.45, 2.75) is 40.3 Å². The Morgan fingerprint density at radius 1 is 1.47 bits per heavy atom. The van der Waals surface area contributed by atoms with E-state index in [2.05, 4.69) is 0 Å². The standard InChI is InChI=1S/C13H21ClN2OS.ClH/c1-5-16(8-9-6-7-10(14)18-9)12(17)11(15)13(2,3)4;/h6-7,11H,5,8,15H2,1-4H3;1H/t11-;/m1./s1. The molecule has 6 heteroatoms. The van der Waals surface area contributed by atoms with Gasteiger partial charge in [0.1, 0.15) is 0 Å². The van der Waals surface area contributed by atoms with Crippen LogP contribution in [0.15, 0.2) is 12.1 Å². The molecule has 0 fully saturated rings. The van der Waals surface area contributed by atoms with Crippen LogP contribution in [0.1, 0.15) is 32.6 Å². The first-order valence-electron chi connectivity index (χ1n) is 6.04. The molecule has 0 radical (unpaired) electrons. The number of carbonyl (C=O) groups excluding carboxylic acids is 1. The minimum absolute atomic E-state index is 0. The Morgan fingerprint density at radius 3 is 2.42 bits per heavy atom. The summed E-state index contributed by atoms with van der Waals surface area (Å²) < 4.78 is 0.744. The van der Waals surface area contributed by atoms with Gasteiger partial charge >= 0.3 is 0 Å². The molecule has 1 amide bonds. The van der Waals surface area contributed by atoms with Crippen LogP contribution in [-0.4, -0.2) is 23.4 Å². The molecule has 1 aromatic heterocycles. The molecule has 0 aromatic carbocycles. The van der Waals surface area contributed by atoms with Gasteiger partial charge < -0.3 is 10.6 Å². The van der Waals surface area contributed by atoms with Crippen LogP contribution in [0.25, 0.3) is 0 Å². The molecule has 0 aliphatic carbocycles. The number of rotatable bonds is 4. The summed E-state index contributed by atoms with van der Waals surface area (Å²) in [6.07, 6.45) is 0. The van der Waals surface area contributed by atoms with Gasteiger partial charge in [0.15, 0.2) is 0 Å². The average molecular weight is 325 g/mol. The fraction of sp³-hybridized carbons (Fsp3) is 0.615. The largest absolute Gasteiger partial charge is 0.336 e. The lowest BCUT2D eigenvalue weighted by atomic mass is 9.86. The molecule has 1 aromatic rings. The normalized spacial score (nSPS) is 12.7. The minimum Gasteiger partial charge on any atom is -0.336 e. The zero-order valence-corrected chi connectivity index (χ0v) is 14.2. The second kappa shape index (κ2) is 7.48. The number of hydrogen-bond donors (Lipinski definition) is 1. The SMILES string of the molecule is CCN(Cc1ccc(Cl)s1)C(=O)[C@@H](N)C(C)(C)C.Cl. The number of likely N-dealkylation sites (N-methyl/N-ethyl adjacent to an activating group) is 1. The summed E-state index contributed by atoms with van der Waals surface area (Å²) in [6.45, 7) is 9.12. The summed E-state index contributed by atoms with van der Waals surface area (Å²) >= 11 is 7.39. The van der Waals surface area contributed by atoms with E-state index in [0.717, 1.165) is 9.21 Å². The van der Waals surface area contributed by atoms with Crippen LogP contribution < -0.4 is 5.73 Å². The molecule has 0 aliphatic heterocycles. The summed E-state index contributed by atoms with van der Waals surface area (Å²) in [5.41, 5.74) is 5.79. The predicted octanol–water partition coefficient (Wildman–Crippen LogP) is 3.55. The molecule has 0 spiro atoms. The Balaban J connectivity index is 0.00000324. The molecular formula is C13H22Cl2N2OS. The third kappa shape index (κ3) is 5.30. The van der Waals surface area contributed by atoms with Crippen molar-refractivity contribution < 1.29 is 4.79 Å². The highest BCUT2D eigenvalue weighted by Crippen LogP contribution is 2.24. The van der Waals surface area contributed by atoms with Gasteiger partial charge in [0.05, 0.1) is 16.9 Å². The third-order valence-electron chi connectivity index (χ3n) is 2.87. The Labute approximate surface area is 130 Å². The van der Waals surface area contributed by atoms with Crippen LogP contribution in [-0.2, 0) is 11.3 Å². The lowest BCUT2D eigenvalue weighted by Gasteiger charge is -2.31. The zero-order valence-electron chi connectivity index (χ0n) is 11.8. The first-order valence-corrected chi connectivity index (χ1v) is 7.23. The van der Waals surface area contributed by atoms with Crippen LogP contribution in [0.5, 0.6) is 0 Å². The van der Waals surface area contributed by atoms with E-state index in [-0.39, 0.29) is 23.7 Å². The summed E-state index contributed by atoms with van der Waals surface area (Å²) in [5.74, 6) is -0.00507. The lowest BCUT2D eigenvalue weighted by Crippen LogP contribution is -2.50. The van der Waals surface area contributed by atoms with Gasteiger partial charge in [-0.15, -0.1) is 23.7 Å². The van der Waals surface area contributed by atoms with E-state index >= 15 is 0 Å². The van der Waals surface area contributed by atoms with E-state index in [1.165, 1.54) is 11.3 Å². The molecule has 0 aliphatic rings. The van der Waals surface area contributed by atoms with Crippen LogP contribution in [0.2, 0.25) is 4.34 Å². The first-order chi connectivity index (χ1) is 8.25. The van der Waals surface area contributed by atoms with Crippen molar-refractivity contribution >= 4 is 41.3 Å². The van der Waals surface area contributed by atoms with E-state index in [1.54, 1.807) is 4.90 Å². The van der Waals surface area contributed by atoms with Crippen molar-refractivity contribution in [1.29, 1.82) is 0 Å². The monoisotopic (exact) mass is 324 g/mol. The van der Waals surface area contributed by atoms with Gasteiger partial charge in [0.2, 0.25) is 5.91 Å². The Hall–Kier alpha value is -0.290. The maximum absolute atomic E-state index is 12.3. The summed E-state index contributed by atoms with van der Waals surface area (Å²) in [7, 11) is 0. The number of amides is 1. The number of thiophene rings is 1. The maximum Gasteiger partial charge on any atom is 0.240 e. The van der Waals surface area contributed by atoms with Crippen molar-refractivity contribution in [3.63, 3.8) is 0 Å². The lowest BCUT2D eigenvalue weighted by molar-refractivity contribution is -0.135. The van der Waals surface area contributed by atoms with Gasteiger partial charge in [-0.3, -0.25) is 4.79 Å². The third-order valence-corrected chi connectivity index (χ3v) is 4.08. The summed E-state index contributed by atoms with van der Waals surface area (Å²) in [5, 5.41) is 0. The molecule has 1 rings (SSSR count). The van der Waals surface area contributed by atoms with Gasteiger partial charge in [-0.25, -0.2) is 0 Å². The Kier molecular flexibility index (Phi) is 7.37. The van der Waals surface area contributed by atoms with Gasteiger partial charge in [0.25, 0.3) is 0 Å². The molecule has 19 heavy (non-hydrogen) atoms. The van der Waals surface area contributed by atoms with E-state index in [4.69, 9.17) is 17.3 Å². The first kappa shape index (κ1) is 18.7. The van der Waals surface area contributed by atoms with Crippen molar-refractivity contribution in [2.24, 2.45) is 11.1 Å². The highest BCUT2D eigenvalue weighted by molar-refractivity contribution is 7.16. The van der Waals surface area contributed by atoms with Crippen molar-refractivity contribution in [2.75, 3.05) is 6.54 Å². The zero-order chi connectivity index (χ0) is 13.9. The second-order valence-corrected chi connectivity index (χ2v) is 7.20. The molecule has 0 saturated heterocycles. The molecule has 1 atom stereocenters. The minimum atomic E-state index is -0.479. The smallest absolute Gasteiger partial charge is 0.240 e. The molecule has 0 unspecified atom stereocenters. The molecule has 0 bridgehead atoms. The molecule has 2 N–H and O–H groups in total.